The van der Waals surface area contributed by atoms with E-state index in [1.165, 1.54) is 16.9 Å². The van der Waals surface area contributed by atoms with Crippen molar-refractivity contribution in [3.8, 4) is 0 Å². The van der Waals surface area contributed by atoms with Gasteiger partial charge in [0, 0.05) is 31.7 Å². The van der Waals surface area contributed by atoms with E-state index in [-0.39, 0.29) is 5.92 Å². The lowest BCUT2D eigenvalue weighted by Crippen LogP contribution is -2.49. The van der Waals surface area contributed by atoms with E-state index in [2.05, 4.69) is 34.1 Å². The van der Waals surface area contributed by atoms with E-state index in [1.807, 2.05) is 0 Å². The monoisotopic (exact) mass is 314 g/mol. The molecule has 21 heavy (non-hydrogen) atoms. The van der Waals surface area contributed by atoms with E-state index in [0.29, 0.717) is 32.0 Å². The zero-order chi connectivity index (χ0) is 15.6. The Bertz CT molecular complexity index is 596. The first-order valence-corrected chi connectivity index (χ1v) is 8.71. The molecular formula is C12H22N6O2S. The van der Waals surface area contributed by atoms with Gasteiger partial charge in [0.15, 0.2) is 0 Å². The minimum atomic E-state index is -3.13. The molecule has 1 aromatic rings. The lowest BCUT2D eigenvalue weighted by atomic mass is 10.0. The van der Waals surface area contributed by atoms with Crippen molar-refractivity contribution in [3.05, 3.63) is 11.9 Å². The lowest BCUT2D eigenvalue weighted by molar-refractivity contribution is 0.386. The molecule has 2 heterocycles. The van der Waals surface area contributed by atoms with Gasteiger partial charge in [0.2, 0.25) is 10.0 Å². The number of hydrogen-bond acceptors (Lipinski definition) is 7. The second-order valence-corrected chi connectivity index (χ2v) is 7.39. The van der Waals surface area contributed by atoms with Gasteiger partial charge in [0.05, 0.1) is 6.26 Å². The topological polar surface area (TPSA) is 104 Å². The highest BCUT2D eigenvalue weighted by molar-refractivity contribution is 7.88. The molecule has 0 radical (unpaired) electrons. The van der Waals surface area contributed by atoms with Gasteiger partial charge in [-0.1, -0.05) is 13.8 Å². The Morgan fingerprint density at radius 1 is 1.24 bits per heavy atom. The summed E-state index contributed by atoms with van der Waals surface area (Å²) in [6.45, 7) is 6.24. The molecular weight excluding hydrogens is 292 g/mol. The summed E-state index contributed by atoms with van der Waals surface area (Å²) in [4.78, 5) is 10.6. The third kappa shape index (κ3) is 3.42. The zero-order valence-corrected chi connectivity index (χ0v) is 13.4. The van der Waals surface area contributed by atoms with Crippen LogP contribution in [0.5, 0.6) is 0 Å². The number of piperazine rings is 1. The second kappa shape index (κ2) is 6.12. The van der Waals surface area contributed by atoms with Crippen molar-refractivity contribution < 1.29 is 8.42 Å². The average Bonchev–Trinajstić information content (AvgIpc) is 2.45. The fourth-order valence-corrected chi connectivity index (χ4v) is 3.34. The summed E-state index contributed by atoms with van der Waals surface area (Å²) in [5.41, 5.74) is 3.56. The molecule has 0 spiro atoms. The van der Waals surface area contributed by atoms with Gasteiger partial charge in [-0.25, -0.2) is 24.2 Å². The van der Waals surface area contributed by atoms with Gasteiger partial charge in [0.1, 0.15) is 18.0 Å². The standard InChI is InChI=1S/C12H22N6O2S/c1-9(2)10-11(16-13)14-8-15-12(10)17-4-6-18(7-5-17)21(3,19)20/h8-9H,4-7,13H2,1-3H3,(H,14,15,16). The number of sulfonamides is 1. The summed E-state index contributed by atoms with van der Waals surface area (Å²) in [6, 6.07) is 0. The highest BCUT2D eigenvalue weighted by atomic mass is 32.2. The molecule has 0 unspecified atom stereocenters. The maximum atomic E-state index is 11.6. The fourth-order valence-electron chi connectivity index (χ4n) is 2.52. The first-order chi connectivity index (χ1) is 9.84. The Labute approximate surface area is 125 Å². The zero-order valence-electron chi connectivity index (χ0n) is 12.6. The van der Waals surface area contributed by atoms with Crippen molar-refractivity contribution in [2.24, 2.45) is 5.84 Å². The van der Waals surface area contributed by atoms with Crippen LogP contribution in [0, 0.1) is 0 Å². The van der Waals surface area contributed by atoms with Crippen molar-refractivity contribution >= 4 is 21.7 Å². The average molecular weight is 314 g/mol. The molecule has 1 saturated heterocycles. The third-order valence-corrected chi connectivity index (χ3v) is 4.89. The van der Waals surface area contributed by atoms with Gasteiger partial charge >= 0.3 is 0 Å². The maximum Gasteiger partial charge on any atom is 0.211 e. The van der Waals surface area contributed by atoms with Gasteiger partial charge in [-0.15, -0.1) is 0 Å². The molecule has 0 bridgehead atoms. The molecule has 0 saturated carbocycles. The Hall–Kier alpha value is -1.45. The van der Waals surface area contributed by atoms with E-state index < -0.39 is 10.0 Å². The summed E-state index contributed by atoms with van der Waals surface area (Å²) >= 11 is 0. The van der Waals surface area contributed by atoms with Crippen LogP contribution in [0.2, 0.25) is 0 Å². The number of nitrogens with two attached hydrogens (primary N) is 1. The highest BCUT2D eigenvalue weighted by Gasteiger charge is 2.26. The molecule has 118 valence electrons. The van der Waals surface area contributed by atoms with Crippen LogP contribution in [0.15, 0.2) is 6.33 Å². The van der Waals surface area contributed by atoms with Crippen LogP contribution in [0.3, 0.4) is 0 Å². The SMILES string of the molecule is CC(C)c1c(NN)ncnc1N1CCN(S(C)(=O)=O)CC1. The van der Waals surface area contributed by atoms with Crippen LogP contribution in [0.25, 0.3) is 0 Å². The van der Waals surface area contributed by atoms with E-state index >= 15 is 0 Å². The van der Waals surface area contributed by atoms with Crippen LogP contribution in [0.4, 0.5) is 11.6 Å². The molecule has 0 aromatic carbocycles. The van der Waals surface area contributed by atoms with Crippen LogP contribution in [-0.4, -0.2) is 55.1 Å². The van der Waals surface area contributed by atoms with E-state index in [0.717, 1.165) is 11.4 Å². The molecule has 1 aliphatic rings. The van der Waals surface area contributed by atoms with Crippen LogP contribution in [-0.2, 0) is 10.0 Å². The molecule has 0 amide bonds. The Kier molecular flexibility index (Phi) is 4.64. The molecule has 1 aromatic heterocycles. The number of anilines is 2. The smallest absolute Gasteiger partial charge is 0.211 e. The van der Waals surface area contributed by atoms with Crippen molar-refractivity contribution in [1.29, 1.82) is 0 Å². The molecule has 3 N–H and O–H groups in total. The summed E-state index contributed by atoms with van der Waals surface area (Å²) in [6.07, 6.45) is 2.71. The number of rotatable bonds is 4. The molecule has 0 aliphatic carbocycles. The number of hydrazine groups is 1. The van der Waals surface area contributed by atoms with Gasteiger partial charge in [0.25, 0.3) is 0 Å². The predicted octanol–water partition coefficient (Wildman–Crippen LogP) is -0.0328. The fraction of sp³-hybridized carbons (Fsp3) is 0.667. The summed E-state index contributed by atoms with van der Waals surface area (Å²) in [7, 11) is -3.13. The quantitative estimate of drug-likeness (QED) is 0.594. The number of nitrogen functional groups attached to an aromatic ring is 1. The lowest BCUT2D eigenvalue weighted by Gasteiger charge is -2.35. The van der Waals surface area contributed by atoms with E-state index in [9.17, 15) is 8.42 Å². The number of hydrogen-bond donors (Lipinski definition) is 2. The molecule has 2 rings (SSSR count). The number of nitrogens with one attached hydrogen (secondary N) is 1. The van der Waals surface area contributed by atoms with Crippen molar-refractivity contribution in [3.63, 3.8) is 0 Å². The molecule has 0 atom stereocenters. The predicted molar refractivity (Wildman–Crippen MR) is 82.6 cm³/mol. The van der Waals surface area contributed by atoms with Crippen LogP contribution >= 0.6 is 0 Å². The maximum absolute atomic E-state index is 11.6. The van der Waals surface area contributed by atoms with Crippen molar-refractivity contribution in [2.45, 2.75) is 19.8 Å². The largest absolute Gasteiger partial charge is 0.354 e. The number of nitrogens with zero attached hydrogens (tertiary/aromatic N) is 4. The van der Waals surface area contributed by atoms with Gasteiger partial charge in [-0.05, 0) is 5.92 Å². The minimum absolute atomic E-state index is 0.209. The highest BCUT2D eigenvalue weighted by Crippen LogP contribution is 2.30. The molecule has 8 nitrogen and oxygen atoms in total. The summed E-state index contributed by atoms with van der Waals surface area (Å²) in [5.74, 6) is 7.16. The van der Waals surface area contributed by atoms with Crippen LogP contribution in [0.1, 0.15) is 25.3 Å². The summed E-state index contributed by atoms with van der Waals surface area (Å²) < 4.78 is 24.6. The van der Waals surface area contributed by atoms with Crippen LogP contribution < -0.4 is 16.2 Å². The van der Waals surface area contributed by atoms with Gasteiger partial charge in [-0.2, -0.15) is 4.31 Å². The minimum Gasteiger partial charge on any atom is -0.354 e. The van der Waals surface area contributed by atoms with Crippen molar-refractivity contribution in [1.82, 2.24) is 14.3 Å². The molecule has 1 aliphatic heterocycles. The van der Waals surface area contributed by atoms with Gasteiger partial charge in [-0.3, -0.25) is 0 Å². The Morgan fingerprint density at radius 2 is 1.86 bits per heavy atom. The Balaban J connectivity index is 2.25. The van der Waals surface area contributed by atoms with E-state index in [1.54, 1.807) is 0 Å². The normalized spacial score (nSPS) is 17.3. The Morgan fingerprint density at radius 3 is 2.33 bits per heavy atom. The first-order valence-electron chi connectivity index (χ1n) is 6.86. The summed E-state index contributed by atoms with van der Waals surface area (Å²) in [5, 5.41) is 0. The van der Waals surface area contributed by atoms with E-state index in [4.69, 9.17) is 5.84 Å². The third-order valence-electron chi connectivity index (χ3n) is 3.58. The number of aromatic nitrogens is 2. The molecule has 9 heteroatoms. The van der Waals surface area contributed by atoms with Gasteiger partial charge < -0.3 is 10.3 Å². The van der Waals surface area contributed by atoms with Crippen molar-refractivity contribution in [2.75, 3.05) is 42.8 Å². The second-order valence-electron chi connectivity index (χ2n) is 5.41. The molecule has 1 fully saturated rings. The first kappa shape index (κ1) is 15.9.